The summed E-state index contributed by atoms with van der Waals surface area (Å²) in [6, 6.07) is 7.25. The number of likely N-dealkylation sites (tertiary alicyclic amines) is 1. The highest BCUT2D eigenvalue weighted by Crippen LogP contribution is 2.29. The molecule has 8 heteroatoms. The van der Waals surface area contributed by atoms with E-state index in [2.05, 4.69) is 4.90 Å². The van der Waals surface area contributed by atoms with E-state index in [9.17, 15) is 9.59 Å². The number of halogens is 1. The van der Waals surface area contributed by atoms with Crippen LogP contribution in [0.25, 0.3) is 0 Å². The Hall–Kier alpha value is -1.99. The maximum Gasteiger partial charge on any atom is 0.411 e. The van der Waals surface area contributed by atoms with Crippen LogP contribution in [-0.2, 0) is 9.53 Å². The van der Waals surface area contributed by atoms with E-state index in [0.717, 1.165) is 26.1 Å². The zero-order valence-corrected chi connectivity index (χ0v) is 20.7. The van der Waals surface area contributed by atoms with Crippen molar-refractivity contribution in [3.63, 3.8) is 0 Å². The summed E-state index contributed by atoms with van der Waals surface area (Å²) in [4.78, 5) is 32.7. The van der Waals surface area contributed by atoms with Crippen LogP contribution in [0.1, 0.15) is 52.9 Å². The number of ether oxygens (including phenoxy) is 2. The second kappa shape index (κ2) is 10.1. The van der Waals surface area contributed by atoms with Gasteiger partial charge in [0.15, 0.2) is 0 Å². The third-order valence-electron chi connectivity index (χ3n) is 6.73. The predicted octanol–water partition coefficient (Wildman–Crippen LogP) is 4.18. The number of hydrogen-bond acceptors (Lipinski definition) is 5. The van der Waals surface area contributed by atoms with Gasteiger partial charge in [0.05, 0.1) is 6.54 Å². The fourth-order valence-corrected chi connectivity index (χ4v) is 4.96. The Morgan fingerprint density at radius 2 is 1.73 bits per heavy atom. The molecule has 0 radical (unpaired) electrons. The number of rotatable bonds is 4. The van der Waals surface area contributed by atoms with Crippen LogP contribution < -0.4 is 4.74 Å². The highest BCUT2D eigenvalue weighted by molar-refractivity contribution is 6.30. The first-order chi connectivity index (χ1) is 15.7. The van der Waals surface area contributed by atoms with E-state index in [-0.39, 0.29) is 12.0 Å². The molecule has 1 saturated carbocycles. The number of carbonyl (C=O) groups excluding carboxylic acids is 2. The first-order valence-corrected chi connectivity index (χ1v) is 12.5. The average Bonchev–Trinajstić information content (AvgIpc) is 2.98. The van der Waals surface area contributed by atoms with Crippen LogP contribution in [0.5, 0.6) is 5.75 Å². The first-order valence-electron chi connectivity index (χ1n) is 12.1. The third kappa shape index (κ3) is 6.12. The van der Waals surface area contributed by atoms with Crippen molar-refractivity contribution in [2.45, 2.75) is 76.7 Å². The molecule has 33 heavy (non-hydrogen) atoms. The Labute approximate surface area is 201 Å². The molecule has 3 aliphatic rings. The van der Waals surface area contributed by atoms with Gasteiger partial charge in [0, 0.05) is 43.7 Å². The van der Waals surface area contributed by atoms with Gasteiger partial charge in [0.25, 0.3) is 0 Å². The third-order valence-corrected chi connectivity index (χ3v) is 6.98. The molecule has 0 spiro atoms. The van der Waals surface area contributed by atoms with Gasteiger partial charge >= 0.3 is 6.09 Å². The van der Waals surface area contributed by atoms with Gasteiger partial charge in [0.2, 0.25) is 5.91 Å². The topological polar surface area (TPSA) is 62.3 Å². The average molecular weight is 478 g/mol. The van der Waals surface area contributed by atoms with Gasteiger partial charge in [-0.25, -0.2) is 4.79 Å². The molecule has 3 fully saturated rings. The van der Waals surface area contributed by atoms with E-state index in [1.54, 1.807) is 29.2 Å². The van der Waals surface area contributed by atoms with E-state index in [4.69, 9.17) is 21.1 Å². The molecule has 2 aliphatic heterocycles. The molecule has 1 aromatic rings. The summed E-state index contributed by atoms with van der Waals surface area (Å²) in [5, 5.41) is 0.634. The molecular weight excluding hydrogens is 442 g/mol. The van der Waals surface area contributed by atoms with Crippen LogP contribution in [-0.4, -0.2) is 83.2 Å². The van der Waals surface area contributed by atoms with Crippen LogP contribution >= 0.6 is 11.6 Å². The summed E-state index contributed by atoms with van der Waals surface area (Å²) < 4.78 is 11.8. The van der Waals surface area contributed by atoms with E-state index in [0.29, 0.717) is 36.3 Å². The molecule has 0 bridgehead atoms. The fourth-order valence-electron chi connectivity index (χ4n) is 4.83. The summed E-state index contributed by atoms with van der Waals surface area (Å²) in [7, 11) is 0. The summed E-state index contributed by atoms with van der Waals surface area (Å²) in [5.41, 5.74) is -0.633. The lowest BCUT2D eigenvalue weighted by atomic mass is 9.91. The molecule has 182 valence electrons. The molecule has 1 aliphatic carbocycles. The molecule has 2 saturated heterocycles. The Balaban J connectivity index is 1.45. The Bertz CT molecular complexity index is 837. The maximum atomic E-state index is 13.6. The minimum Gasteiger partial charge on any atom is -0.488 e. The Morgan fingerprint density at radius 1 is 1.00 bits per heavy atom. The highest BCUT2D eigenvalue weighted by Gasteiger charge is 2.44. The SMILES string of the molecule is CC(C)(C)OC(=O)N1C[C@H](Oc2ccc(Cl)cc2)C[C@@H]1C(=O)N1CCCN(C2CCC2)CC1. The molecule has 2 amide bonds. The molecule has 1 aromatic carbocycles. The first kappa shape index (κ1) is 24.1. The van der Waals surface area contributed by atoms with E-state index < -0.39 is 17.7 Å². The van der Waals surface area contributed by atoms with E-state index in [1.807, 2.05) is 25.7 Å². The quantitative estimate of drug-likeness (QED) is 0.650. The smallest absolute Gasteiger partial charge is 0.411 e. The number of amides is 2. The fraction of sp³-hybridized carbons (Fsp3) is 0.680. The van der Waals surface area contributed by atoms with Crippen molar-refractivity contribution in [2.24, 2.45) is 0 Å². The molecule has 0 N–H and O–H groups in total. The molecular formula is C25H36ClN3O4. The van der Waals surface area contributed by atoms with Crippen LogP contribution in [0.3, 0.4) is 0 Å². The zero-order valence-electron chi connectivity index (χ0n) is 20.0. The van der Waals surface area contributed by atoms with Crippen LogP contribution in [0.4, 0.5) is 4.79 Å². The second-order valence-corrected chi connectivity index (χ2v) is 10.8. The van der Waals surface area contributed by atoms with Gasteiger partial charge in [-0.3, -0.25) is 14.6 Å². The van der Waals surface area contributed by atoms with Gasteiger partial charge in [-0.2, -0.15) is 0 Å². The van der Waals surface area contributed by atoms with Crippen LogP contribution in [0, 0.1) is 0 Å². The van der Waals surface area contributed by atoms with Gasteiger partial charge < -0.3 is 14.4 Å². The van der Waals surface area contributed by atoms with Crippen molar-refractivity contribution >= 4 is 23.6 Å². The normalized spacial score (nSPS) is 24.8. The Morgan fingerprint density at radius 3 is 2.36 bits per heavy atom. The summed E-state index contributed by atoms with van der Waals surface area (Å²) in [6.07, 6.45) is 4.51. The number of benzene rings is 1. The lowest BCUT2D eigenvalue weighted by molar-refractivity contribution is -0.135. The number of carbonyl (C=O) groups is 2. The summed E-state index contributed by atoms with van der Waals surface area (Å²) in [5.74, 6) is 0.672. The lowest BCUT2D eigenvalue weighted by Gasteiger charge is -2.37. The maximum absolute atomic E-state index is 13.6. The molecule has 2 atom stereocenters. The molecule has 0 aromatic heterocycles. The van der Waals surface area contributed by atoms with Gasteiger partial charge in [-0.15, -0.1) is 0 Å². The number of nitrogens with zero attached hydrogens (tertiary/aromatic N) is 3. The minimum absolute atomic E-state index is 0.00137. The molecule has 2 heterocycles. The van der Waals surface area contributed by atoms with Crippen molar-refractivity contribution in [2.75, 3.05) is 32.7 Å². The van der Waals surface area contributed by atoms with Gasteiger partial charge in [-0.05, 0) is 64.3 Å². The second-order valence-electron chi connectivity index (χ2n) is 10.4. The van der Waals surface area contributed by atoms with Crippen molar-refractivity contribution in [1.82, 2.24) is 14.7 Å². The van der Waals surface area contributed by atoms with Crippen molar-refractivity contribution in [1.29, 1.82) is 0 Å². The molecule has 0 unspecified atom stereocenters. The van der Waals surface area contributed by atoms with Crippen molar-refractivity contribution < 1.29 is 19.1 Å². The van der Waals surface area contributed by atoms with Crippen LogP contribution in [0.2, 0.25) is 5.02 Å². The predicted molar refractivity (Wildman–Crippen MR) is 128 cm³/mol. The van der Waals surface area contributed by atoms with E-state index in [1.165, 1.54) is 19.3 Å². The molecule has 4 rings (SSSR count). The monoisotopic (exact) mass is 477 g/mol. The largest absolute Gasteiger partial charge is 0.488 e. The van der Waals surface area contributed by atoms with Crippen LogP contribution in [0.15, 0.2) is 24.3 Å². The molecule has 7 nitrogen and oxygen atoms in total. The zero-order chi connectivity index (χ0) is 23.6. The minimum atomic E-state index is -0.633. The van der Waals surface area contributed by atoms with E-state index >= 15 is 0 Å². The lowest BCUT2D eigenvalue weighted by Crippen LogP contribution is -2.50. The van der Waals surface area contributed by atoms with Gasteiger partial charge in [-0.1, -0.05) is 18.0 Å². The number of hydrogen-bond donors (Lipinski definition) is 0. The van der Waals surface area contributed by atoms with Crippen molar-refractivity contribution in [3.05, 3.63) is 29.3 Å². The standard InChI is InChI=1S/C25H36ClN3O4/c1-25(2,3)33-24(31)29-17-21(32-20-10-8-18(26)9-11-20)16-22(29)23(30)28-13-5-12-27(14-15-28)19-6-4-7-19/h8-11,19,21-22H,4-7,12-17H2,1-3H3/t21-,22-/m1/s1. The highest BCUT2D eigenvalue weighted by atomic mass is 35.5. The van der Waals surface area contributed by atoms with Gasteiger partial charge in [0.1, 0.15) is 23.5 Å². The Kier molecular flexibility index (Phi) is 7.39. The summed E-state index contributed by atoms with van der Waals surface area (Å²) in [6.45, 7) is 9.20. The van der Waals surface area contributed by atoms with Crippen molar-refractivity contribution in [3.8, 4) is 5.75 Å². The summed E-state index contributed by atoms with van der Waals surface area (Å²) >= 11 is 5.98.